The molecule has 1 aromatic carbocycles. The predicted molar refractivity (Wildman–Crippen MR) is 119 cm³/mol. The fourth-order valence-electron chi connectivity index (χ4n) is 4.28. The van der Waals surface area contributed by atoms with Crippen LogP contribution >= 0.6 is 0 Å². The van der Waals surface area contributed by atoms with Crippen molar-refractivity contribution in [3.63, 3.8) is 0 Å². The van der Waals surface area contributed by atoms with E-state index in [1.165, 1.54) is 0 Å². The zero-order valence-electron chi connectivity index (χ0n) is 19.0. The number of ether oxygens (including phenoxy) is 3. The van der Waals surface area contributed by atoms with Gasteiger partial charge in [0.2, 0.25) is 0 Å². The van der Waals surface area contributed by atoms with Gasteiger partial charge in [-0.25, -0.2) is 4.68 Å². The van der Waals surface area contributed by atoms with Crippen molar-refractivity contribution in [1.29, 1.82) is 0 Å². The average molecular weight is 443 g/mol. The van der Waals surface area contributed by atoms with Crippen LogP contribution in [0, 0.1) is 5.92 Å². The van der Waals surface area contributed by atoms with Crippen molar-refractivity contribution in [2.24, 2.45) is 5.92 Å². The Balaban J connectivity index is 1.84. The molecule has 1 fully saturated rings. The van der Waals surface area contributed by atoms with E-state index in [-0.39, 0.29) is 11.6 Å². The Morgan fingerprint density at radius 3 is 2.53 bits per heavy atom. The minimum Gasteiger partial charge on any atom is -0.493 e. The first-order valence-electron chi connectivity index (χ1n) is 10.8. The molecule has 32 heavy (non-hydrogen) atoms. The Hall–Kier alpha value is -2.98. The summed E-state index contributed by atoms with van der Waals surface area (Å²) in [6, 6.07) is 5.19. The number of hydrogen-bond donors (Lipinski definition) is 1. The fraction of sp³-hybridized carbons (Fsp3) is 0.545. The first-order valence-corrected chi connectivity index (χ1v) is 10.8. The first kappa shape index (κ1) is 22.2. The number of H-pyrrole nitrogens is 1. The van der Waals surface area contributed by atoms with Gasteiger partial charge in [0.05, 0.1) is 32.9 Å². The highest BCUT2D eigenvalue weighted by molar-refractivity contribution is 5.83. The summed E-state index contributed by atoms with van der Waals surface area (Å²) in [4.78, 5) is 18.6. The van der Waals surface area contributed by atoms with Crippen LogP contribution in [-0.2, 0) is 11.3 Å². The average Bonchev–Trinajstić information content (AvgIpc) is 3.26. The minimum absolute atomic E-state index is 0.172. The van der Waals surface area contributed by atoms with Gasteiger partial charge in [0.1, 0.15) is 6.04 Å². The number of aromatic nitrogens is 5. The smallest absolute Gasteiger partial charge is 0.253 e. The highest BCUT2D eigenvalue weighted by Gasteiger charge is 2.32. The molecule has 0 saturated carbocycles. The van der Waals surface area contributed by atoms with Crippen LogP contribution in [0.25, 0.3) is 10.9 Å². The number of rotatable bonds is 8. The number of nitrogens with zero attached hydrogens (tertiary/aromatic N) is 5. The monoisotopic (exact) mass is 442 g/mol. The zero-order chi connectivity index (χ0) is 22.7. The Bertz CT molecular complexity index is 1120. The Labute approximate surface area is 186 Å². The number of methoxy groups -OCH3 is 3. The third-order valence-corrected chi connectivity index (χ3v) is 6.17. The number of pyridine rings is 1. The molecule has 0 amide bonds. The summed E-state index contributed by atoms with van der Waals surface area (Å²) in [5.74, 6) is 2.46. The second-order valence-corrected chi connectivity index (χ2v) is 8.22. The number of likely N-dealkylation sites (tertiary alicyclic amines) is 1. The highest BCUT2D eigenvalue weighted by Crippen LogP contribution is 2.34. The first-order chi connectivity index (χ1) is 15.5. The van der Waals surface area contributed by atoms with Crippen LogP contribution in [0.1, 0.15) is 37.2 Å². The van der Waals surface area contributed by atoms with Crippen LogP contribution in [0.3, 0.4) is 0 Å². The molecule has 2 aromatic heterocycles. The van der Waals surface area contributed by atoms with E-state index >= 15 is 0 Å². The van der Waals surface area contributed by atoms with Gasteiger partial charge < -0.3 is 19.2 Å². The van der Waals surface area contributed by atoms with Crippen molar-refractivity contribution in [3.05, 3.63) is 39.9 Å². The molecule has 0 aliphatic carbocycles. The topological polar surface area (TPSA) is 107 Å². The maximum absolute atomic E-state index is 13.3. The summed E-state index contributed by atoms with van der Waals surface area (Å²) in [6.07, 6.45) is 2.12. The molecule has 0 spiro atoms. The number of fused-ring (bicyclic) bond motifs is 1. The maximum Gasteiger partial charge on any atom is 0.253 e. The van der Waals surface area contributed by atoms with E-state index in [4.69, 9.17) is 14.2 Å². The van der Waals surface area contributed by atoms with Gasteiger partial charge in [-0.3, -0.25) is 9.69 Å². The number of tetrazole rings is 1. The molecule has 4 rings (SSSR count). The molecule has 1 aliphatic rings. The van der Waals surface area contributed by atoms with Crippen LogP contribution < -0.4 is 15.0 Å². The van der Waals surface area contributed by atoms with E-state index in [1.807, 2.05) is 12.1 Å². The van der Waals surface area contributed by atoms with E-state index in [9.17, 15) is 4.79 Å². The summed E-state index contributed by atoms with van der Waals surface area (Å²) in [5, 5.41) is 13.2. The van der Waals surface area contributed by atoms with Crippen LogP contribution in [-0.4, -0.2) is 71.1 Å². The third kappa shape index (κ3) is 4.33. The lowest BCUT2D eigenvalue weighted by atomic mass is 9.95. The molecule has 0 unspecified atom stereocenters. The molecule has 1 aliphatic heterocycles. The van der Waals surface area contributed by atoms with Gasteiger partial charge >= 0.3 is 0 Å². The van der Waals surface area contributed by atoms with Crippen molar-refractivity contribution in [3.8, 4) is 11.5 Å². The number of hydrogen-bond acceptors (Lipinski definition) is 8. The van der Waals surface area contributed by atoms with Gasteiger partial charge in [-0.15, -0.1) is 5.10 Å². The summed E-state index contributed by atoms with van der Waals surface area (Å²) in [5.41, 5.74) is 1.11. The lowest BCUT2D eigenvalue weighted by molar-refractivity contribution is 0.144. The number of aromatic amines is 1. The van der Waals surface area contributed by atoms with Gasteiger partial charge in [0.25, 0.3) is 5.56 Å². The van der Waals surface area contributed by atoms with E-state index in [2.05, 4.69) is 32.3 Å². The van der Waals surface area contributed by atoms with Crippen molar-refractivity contribution in [1.82, 2.24) is 30.1 Å². The lowest BCUT2D eigenvalue weighted by Gasteiger charge is -2.35. The molecular formula is C22H30N6O4. The van der Waals surface area contributed by atoms with Crippen LogP contribution in [0.2, 0.25) is 0 Å². The molecule has 3 heterocycles. The van der Waals surface area contributed by atoms with Crippen LogP contribution in [0.15, 0.2) is 23.0 Å². The fourth-order valence-corrected chi connectivity index (χ4v) is 4.28. The normalized spacial score (nSPS) is 16.4. The number of nitrogens with one attached hydrogen (secondary N) is 1. The Kier molecular flexibility index (Phi) is 6.71. The van der Waals surface area contributed by atoms with Crippen molar-refractivity contribution >= 4 is 10.9 Å². The molecular weight excluding hydrogens is 412 g/mol. The molecule has 10 nitrogen and oxygen atoms in total. The van der Waals surface area contributed by atoms with E-state index < -0.39 is 0 Å². The molecule has 10 heteroatoms. The SMILES string of the molecule is COCCn1nnnc1[C@@H](c1cc2cc(OC)c(OC)cc2[nH]c1=O)N1CCC(C)CC1. The lowest BCUT2D eigenvalue weighted by Crippen LogP contribution is -2.40. The molecule has 3 aromatic rings. The largest absolute Gasteiger partial charge is 0.493 e. The number of benzene rings is 1. The van der Waals surface area contributed by atoms with Gasteiger partial charge in [-0.05, 0) is 54.4 Å². The summed E-state index contributed by atoms with van der Waals surface area (Å²) >= 11 is 0. The Morgan fingerprint density at radius 2 is 1.84 bits per heavy atom. The van der Waals surface area contributed by atoms with Crippen LogP contribution in [0.4, 0.5) is 0 Å². The molecule has 1 atom stereocenters. The molecule has 1 saturated heterocycles. The summed E-state index contributed by atoms with van der Waals surface area (Å²) in [6.45, 7) is 4.99. The van der Waals surface area contributed by atoms with E-state index in [0.29, 0.717) is 47.5 Å². The second-order valence-electron chi connectivity index (χ2n) is 8.22. The van der Waals surface area contributed by atoms with Crippen LogP contribution in [0.5, 0.6) is 11.5 Å². The third-order valence-electron chi connectivity index (χ3n) is 6.17. The molecule has 0 radical (unpaired) electrons. The second kappa shape index (κ2) is 9.66. The van der Waals surface area contributed by atoms with Crippen molar-refractivity contribution in [2.75, 3.05) is 41.0 Å². The van der Waals surface area contributed by atoms with Crippen molar-refractivity contribution in [2.45, 2.75) is 32.4 Å². The van der Waals surface area contributed by atoms with Gasteiger partial charge in [0, 0.05) is 24.1 Å². The quantitative estimate of drug-likeness (QED) is 0.564. The van der Waals surface area contributed by atoms with E-state index in [0.717, 1.165) is 31.3 Å². The standard InChI is InChI=1S/C22H30N6O4/c1-14-5-7-27(8-6-14)20(21-24-25-26-28(21)9-10-30-2)16-11-15-12-18(31-3)19(32-4)13-17(15)23-22(16)29/h11-14,20H,5-10H2,1-4H3,(H,23,29)/t20-/m1/s1. The zero-order valence-corrected chi connectivity index (χ0v) is 19.0. The molecule has 0 bridgehead atoms. The van der Waals surface area contributed by atoms with Gasteiger partial charge in [-0.1, -0.05) is 6.92 Å². The van der Waals surface area contributed by atoms with Crippen molar-refractivity contribution < 1.29 is 14.2 Å². The Morgan fingerprint density at radius 1 is 1.12 bits per heavy atom. The van der Waals surface area contributed by atoms with E-state index in [1.54, 1.807) is 32.1 Å². The summed E-state index contributed by atoms with van der Waals surface area (Å²) in [7, 11) is 4.81. The summed E-state index contributed by atoms with van der Waals surface area (Å²) < 4.78 is 17.8. The molecule has 172 valence electrons. The minimum atomic E-state index is -0.365. The number of piperidine rings is 1. The maximum atomic E-state index is 13.3. The van der Waals surface area contributed by atoms with Gasteiger partial charge in [0.15, 0.2) is 17.3 Å². The predicted octanol–water partition coefficient (Wildman–Crippen LogP) is 2.00. The molecule has 1 N–H and O–H groups in total. The highest BCUT2D eigenvalue weighted by atomic mass is 16.5. The van der Waals surface area contributed by atoms with Gasteiger partial charge in [-0.2, -0.15) is 0 Å².